The first kappa shape index (κ1) is 14.0. The second-order valence-electron chi connectivity index (χ2n) is 5.44. The summed E-state index contributed by atoms with van der Waals surface area (Å²) in [5, 5.41) is 3.51. The van der Waals surface area contributed by atoms with Crippen LogP contribution in [0.4, 0.5) is 5.69 Å². The molecule has 1 saturated heterocycles. The van der Waals surface area contributed by atoms with E-state index >= 15 is 0 Å². The van der Waals surface area contributed by atoms with Gasteiger partial charge in [0.2, 0.25) is 0 Å². The number of ether oxygens (including phenoxy) is 1. The van der Waals surface area contributed by atoms with Gasteiger partial charge in [-0.05, 0) is 36.2 Å². The van der Waals surface area contributed by atoms with E-state index in [4.69, 9.17) is 4.74 Å². The Morgan fingerprint density at radius 2 is 1.86 bits per heavy atom. The van der Waals surface area contributed by atoms with Crippen molar-refractivity contribution in [3.05, 3.63) is 60.2 Å². The second-order valence-corrected chi connectivity index (χ2v) is 5.44. The molecule has 1 heterocycles. The minimum absolute atomic E-state index is 0.495. The van der Waals surface area contributed by atoms with Gasteiger partial charge in [0.1, 0.15) is 5.75 Å². The SMILES string of the molecule is COc1ccc(N2CCNCC2Cc2ccccc2)cc1. The molecule has 1 fully saturated rings. The van der Waals surface area contributed by atoms with E-state index < -0.39 is 0 Å². The van der Waals surface area contributed by atoms with Crippen LogP contribution >= 0.6 is 0 Å². The van der Waals surface area contributed by atoms with E-state index in [2.05, 4.69) is 52.7 Å². The fourth-order valence-electron chi connectivity index (χ4n) is 2.94. The summed E-state index contributed by atoms with van der Waals surface area (Å²) >= 11 is 0. The highest BCUT2D eigenvalue weighted by Gasteiger charge is 2.22. The summed E-state index contributed by atoms with van der Waals surface area (Å²) in [5.41, 5.74) is 2.67. The fourth-order valence-corrected chi connectivity index (χ4v) is 2.94. The maximum atomic E-state index is 5.25. The van der Waals surface area contributed by atoms with Gasteiger partial charge in [0, 0.05) is 31.4 Å². The van der Waals surface area contributed by atoms with Gasteiger partial charge in [-0.2, -0.15) is 0 Å². The van der Waals surface area contributed by atoms with Gasteiger partial charge in [0.25, 0.3) is 0 Å². The first-order chi connectivity index (χ1) is 10.4. The molecule has 1 atom stereocenters. The maximum Gasteiger partial charge on any atom is 0.119 e. The Labute approximate surface area is 126 Å². The maximum absolute atomic E-state index is 5.25. The lowest BCUT2D eigenvalue weighted by atomic mass is 10.0. The van der Waals surface area contributed by atoms with Crippen LogP contribution in [0.25, 0.3) is 0 Å². The molecular weight excluding hydrogens is 260 g/mol. The molecule has 3 nitrogen and oxygen atoms in total. The Bertz CT molecular complexity index is 553. The minimum atomic E-state index is 0.495. The Kier molecular flexibility index (Phi) is 4.41. The van der Waals surface area contributed by atoms with Crippen molar-refractivity contribution in [2.24, 2.45) is 0 Å². The number of hydrogen-bond donors (Lipinski definition) is 1. The fraction of sp³-hybridized carbons (Fsp3) is 0.333. The lowest BCUT2D eigenvalue weighted by Crippen LogP contribution is -2.52. The highest BCUT2D eigenvalue weighted by Crippen LogP contribution is 2.23. The third kappa shape index (κ3) is 3.37. The molecule has 1 aliphatic heterocycles. The molecule has 1 N–H and O–H groups in total. The van der Waals surface area contributed by atoms with E-state index in [1.54, 1.807) is 7.11 Å². The summed E-state index contributed by atoms with van der Waals surface area (Å²) < 4.78 is 5.25. The van der Waals surface area contributed by atoms with E-state index in [0.29, 0.717) is 6.04 Å². The zero-order valence-corrected chi connectivity index (χ0v) is 12.5. The van der Waals surface area contributed by atoms with Crippen LogP contribution in [0.1, 0.15) is 5.56 Å². The molecule has 0 amide bonds. The lowest BCUT2D eigenvalue weighted by Gasteiger charge is -2.38. The minimum Gasteiger partial charge on any atom is -0.497 e. The van der Waals surface area contributed by atoms with E-state index in [1.165, 1.54) is 11.3 Å². The Morgan fingerprint density at radius 3 is 2.57 bits per heavy atom. The number of benzene rings is 2. The first-order valence-corrected chi connectivity index (χ1v) is 7.52. The predicted octanol–water partition coefficient (Wildman–Crippen LogP) is 2.72. The number of nitrogens with one attached hydrogen (secondary N) is 1. The van der Waals surface area contributed by atoms with Crippen LogP contribution in [0.3, 0.4) is 0 Å². The van der Waals surface area contributed by atoms with E-state index in [0.717, 1.165) is 31.8 Å². The molecule has 1 unspecified atom stereocenters. The smallest absolute Gasteiger partial charge is 0.119 e. The van der Waals surface area contributed by atoms with Gasteiger partial charge >= 0.3 is 0 Å². The van der Waals surface area contributed by atoms with Crippen molar-refractivity contribution >= 4 is 5.69 Å². The third-order valence-corrected chi connectivity index (χ3v) is 4.07. The van der Waals surface area contributed by atoms with Crippen LogP contribution in [0.2, 0.25) is 0 Å². The number of methoxy groups -OCH3 is 1. The number of anilines is 1. The molecule has 21 heavy (non-hydrogen) atoms. The average Bonchev–Trinajstić information content (AvgIpc) is 2.56. The Balaban J connectivity index is 1.77. The molecule has 0 saturated carbocycles. The molecule has 2 aromatic rings. The van der Waals surface area contributed by atoms with Gasteiger partial charge in [0.05, 0.1) is 7.11 Å². The largest absolute Gasteiger partial charge is 0.497 e. The summed E-state index contributed by atoms with van der Waals surface area (Å²) in [7, 11) is 1.71. The first-order valence-electron chi connectivity index (χ1n) is 7.52. The standard InChI is InChI=1S/C18H22N2O/c1-21-18-9-7-16(8-10-18)20-12-11-19-14-17(20)13-15-5-3-2-4-6-15/h2-10,17,19H,11-14H2,1H3. The Morgan fingerprint density at radius 1 is 1.10 bits per heavy atom. The predicted molar refractivity (Wildman–Crippen MR) is 87.1 cm³/mol. The van der Waals surface area contributed by atoms with Gasteiger partial charge < -0.3 is 15.0 Å². The lowest BCUT2D eigenvalue weighted by molar-refractivity contribution is 0.414. The van der Waals surface area contributed by atoms with Crippen molar-refractivity contribution in [2.45, 2.75) is 12.5 Å². The van der Waals surface area contributed by atoms with Crippen molar-refractivity contribution in [2.75, 3.05) is 31.6 Å². The topological polar surface area (TPSA) is 24.5 Å². The molecular formula is C18H22N2O. The van der Waals surface area contributed by atoms with Crippen LogP contribution in [-0.2, 0) is 6.42 Å². The van der Waals surface area contributed by atoms with Gasteiger partial charge in [-0.15, -0.1) is 0 Å². The third-order valence-electron chi connectivity index (χ3n) is 4.07. The average molecular weight is 282 g/mol. The van der Waals surface area contributed by atoms with Crippen LogP contribution < -0.4 is 15.0 Å². The van der Waals surface area contributed by atoms with E-state index in [1.807, 2.05) is 12.1 Å². The van der Waals surface area contributed by atoms with Gasteiger partial charge in [-0.3, -0.25) is 0 Å². The summed E-state index contributed by atoms with van der Waals surface area (Å²) in [5.74, 6) is 0.911. The summed E-state index contributed by atoms with van der Waals surface area (Å²) in [6.07, 6.45) is 1.07. The van der Waals surface area contributed by atoms with Crippen molar-refractivity contribution in [3.8, 4) is 5.75 Å². The molecule has 3 heteroatoms. The summed E-state index contributed by atoms with van der Waals surface area (Å²) in [4.78, 5) is 2.50. The molecule has 1 aliphatic rings. The summed E-state index contributed by atoms with van der Waals surface area (Å²) in [6.45, 7) is 3.11. The number of rotatable bonds is 4. The highest BCUT2D eigenvalue weighted by molar-refractivity contribution is 5.50. The van der Waals surface area contributed by atoms with Crippen molar-refractivity contribution < 1.29 is 4.74 Å². The van der Waals surface area contributed by atoms with Crippen LogP contribution in [0.5, 0.6) is 5.75 Å². The van der Waals surface area contributed by atoms with Gasteiger partial charge in [-0.1, -0.05) is 30.3 Å². The zero-order chi connectivity index (χ0) is 14.5. The van der Waals surface area contributed by atoms with Crippen molar-refractivity contribution in [1.82, 2.24) is 5.32 Å². The molecule has 0 spiro atoms. The number of hydrogen-bond acceptors (Lipinski definition) is 3. The van der Waals surface area contributed by atoms with Gasteiger partial charge in [-0.25, -0.2) is 0 Å². The van der Waals surface area contributed by atoms with Crippen LogP contribution in [-0.4, -0.2) is 32.8 Å². The van der Waals surface area contributed by atoms with Crippen LogP contribution in [0, 0.1) is 0 Å². The number of nitrogens with zero attached hydrogens (tertiary/aromatic N) is 1. The van der Waals surface area contributed by atoms with Crippen LogP contribution in [0.15, 0.2) is 54.6 Å². The van der Waals surface area contributed by atoms with E-state index in [-0.39, 0.29) is 0 Å². The molecule has 0 aliphatic carbocycles. The van der Waals surface area contributed by atoms with Crippen molar-refractivity contribution in [3.63, 3.8) is 0 Å². The Hall–Kier alpha value is -2.00. The molecule has 3 rings (SSSR count). The monoisotopic (exact) mass is 282 g/mol. The molecule has 2 aromatic carbocycles. The zero-order valence-electron chi connectivity index (χ0n) is 12.5. The molecule has 0 aromatic heterocycles. The molecule has 110 valence electrons. The second kappa shape index (κ2) is 6.64. The van der Waals surface area contributed by atoms with Gasteiger partial charge in [0.15, 0.2) is 0 Å². The molecule has 0 bridgehead atoms. The number of piperazine rings is 1. The highest BCUT2D eigenvalue weighted by atomic mass is 16.5. The van der Waals surface area contributed by atoms with Crippen molar-refractivity contribution in [1.29, 1.82) is 0 Å². The quantitative estimate of drug-likeness (QED) is 0.933. The molecule has 0 radical (unpaired) electrons. The normalized spacial score (nSPS) is 18.5. The van der Waals surface area contributed by atoms with E-state index in [9.17, 15) is 0 Å². The summed E-state index contributed by atoms with van der Waals surface area (Å²) in [6, 6.07) is 19.6.